The Morgan fingerprint density at radius 3 is 2.21 bits per heavy atom. The van der Waals surface area contributed by atoms with Crippen LogP contribution in [0.3, 0.4) is 0 Å². The third-order valence-electron chi connectivity index (χ3n) is 4.19. The number of hydrogen-bond donors (Lipinski definition) is 1. The van der Waals surface area contributed by atoms with Crippen molar-refractivity contribution in [3.8, 4) is 0 Å². The zero-order valence-corrected chi connectivity index (χ0v) is 17.2. The van der Waals surface area contributed by atoms with Crippen molar-refractivity contribution in [1.29, 1.82) is 0 Å². The molecule has 1 heterocycles. The lowest BCUT2D eigenvalue weighted by atomic mass is 10.0. The van der Waals surface area contributed by atoms with E-state index in [0.29, 0.717) is 12.0 Å². The number of rotatable bonds is 18. The first kappa shape index (κ1) is 22.1. The number of unbranched alkanes of at least 4 members (excludes halogenated alkanes) is 2. The van der Waals surface area contributed by atoms with Crippen LogP contribution in [0.25, 0.3) is 0 Å². The van der Waals surface area contributed by atoms with Gasteiger partial charge >= 0.3 is 9.53 Å². The fourth-order valence-corrected chi connectivity index (χ4v) is 3.66. The Balaban J connectivity index is 2.00. The highest BCUT2D eigenvalue weighted by Gasteiger charge is 2.21. The molecule has 5 nitrogen and oxygen atoms in total. The van der Waals surface area contributed by atoms with Gasteiger partial charge in [-0.15, -0.1) is 0 Å². The van der Waals surface area contributed by atoms with E-state index in [0.717, 1.165) is 71.6 Å². The summed E-state index contributed by atoms with van der Waals surface area (Å²) in [5.74, 6) is 0.685. The van der Waals surface area contributed by atoms with Gasteiger partial charge in [0.25, 0.3) is 0 Å². The minimum atomic E-state index is -1.92. The van der Waals surface area contributed by atoms with Crippen molar-refractivity contribution in [2.24, 2.45) is 5.92 Å². The van der Waals surface area contributed by atoms with Crippen molar-refractivity contribution in [3.63, 3.8) is 0 Å². The van der Waals surface area contributed by atoms with Gasteiger partial charge in [-0.2, -0.15) is 0 Å². The van der Waals surface area contributed by atoms with Crippen LogP contribution in [0.1, 0.15) is 65.7 Å². The van der Waals surface area contributed by atoms with E-state index in [-0.39, 0.29) is 0 Å². The van der Waals surface area contributed by atoms with Gasteiger partial charge in [0.1, 0.15) is 0 Å². The van der Waals surface area contributed by atoms with Gasteiger partial charge in [0.05, 0.1) is 12.7 Å². The molecule has 1 N–H and O–H groups in total. The fourth-order valence-electron chi connectivity index (χ4n) is 2.33. The molecule has 0 amide bonds. The largest absolute Gasteiger partial charge is 0.484 e. The molecule has 0 aromatic carbocycles. The number of hydrogen-bond acceptors (Lipinski definition) is 5. The van der Waals surface area contributed by atoms with Crippen molar-refractivity contribution >= 4 is 9.53 Å². The van der Waals surface area contributed by atoms with Crippen LogP contribution < -0.4 is 5.32 Å². The van der Waals surface area contributed by atoms with Crippen LogP contribution in [-0.2, 0) is 18.0 Å². The van der Waals surface area contributed by atoms with Crippen LogP contribution in [0.4, 0.5) is 0 Å². The first-order chi connectivity index (χ1) is 11.8. The van der Waals surface area contributed by atoms with Gasteiger partial charge in [-0.05, 0) is 44.6 Å². The molecule has 144 valence electrons. The van der Waals surface area contributed by atoms with Gasteiger partial charge in [0.2, 0.25) is 0 Å². The van der Waals surface area contributed by atoms with E-state index in [1.165, 1.54) is 12.8 Å². The van der Waals surface area contributed by atoms with Gasteiger partial charge in [-0.1, -0.05) is 33.6 Å². The topological polar surface area (TPSA) is 52.2 Å². The number of ether oxygens (including phenoxy) is 1. The summed E-state index contributed by atoms with van der Waals surface area (Å²) in [7, 11) is -1.92. The van der Waals surface area contributed by atoms with Crippen molar-refractivity contribution < 1.29 is 18.0 Å². The second-order valence-corrected chi connectivity index (χ2v) is 8.38. The highest BCUT2D eigenvalue weighted by Crippen LogP contribution is 2.11. The molecular weight excluding hydrogens is 322 g/mol. The molecule has 0 saturated carbocycles. The van der Waals surface area contributed by atoms with Gasteiger partial charge < -0.3 is 23.3 Å². The monoisotopic (exact) mass is 361 g/mol. The van der Waals surface area contributed by atoms with Gasteiger partial charge in [0, 0.05) is 26.4 Å². The van der Waals surface area contributed by atoms with Gasteiger partial charge in [-0.3, -0.25) is 0 Å². The summed E-state index contributed by atoms with van der Waals surface area (Å²) in [5, 5.41) is 3.44. The maximum Gasteiger partial charge on any atom is 0.484 e. The van der Waals surface area contributed by atoms with Crippen LogP contribution in [0, 0.1) is 5.92 Å². The highest BCUT2D eigenvalue weighted by atomic mass is 28.3. The average molecular weight is 362 g/mol. The third-order valence-corrected chi connectivity index (χ3v) is 5.72. The van der Waals surface area contributed by atoms with E-state index in [9.17, 15) is 0 Å². The van der Waals surface area contributed by atoms with Crippen molar-refractivity contribution in [2.75, 3.05) is 39.5 Å². The first-order valence-electron chi connectivity index (χ1n) is 9.93. The molecular formula is C18H39NO4Si. The van der Waals surface area contributed by atoms with Crippen LogP contribution in [0.2, 0.25) is 0 Å². The zero-order chi connectivity index (χ0) is 17.5. The van der Waals surface area contributed by atoms with E-state index in [1.54, 1.807) is 0 Å². The lowest BCUT2D eigenvalue weighted by Crippen LogP contribution is -2.29. The molecule has 0 radical (unpaired) electrons. The second kappa shape index (κ2) is 15.3. The predicted molar refractivity (Wildman–Crippen MR) is 100 cm³/mol. The Hall–Kier alpha value is 0.0169. The molecule has 6 heteroatoms. The normalized spacial score (nSPS) is 18.2. The minimum absolute atomic E-state index is 0.484. The fraction of sp³-hybridized carbons (Fsp3) is 1.00. The maximum absolute atomic E-state index is 5.94. The van der Waals surface area contributed by atoms with Crippen LogP contribution in [-0.4, -0.2) is 55.1 Å². The molecule has 1 fully saturated rings. The molecule has 1 aliphatic rings. The summed E-state index contributed by atoms with van der Waals surface area (Å²) in [6, 6.07) is 0. The molecule has 0 aromatic rings. The second-order valence-electron chi connectivity index (χ2n) is 6.80. The summed E-state index contributed by atoms with van der Waals surface area (Å²) < 4.78 is 22.8. The van der Waals surface area contributed by atoms with Crippen molar-refractivity contribution in [3.05, 3.63) is 0 Å². The molecule has 0 spiro atoms. The Morgan fingerprint density at radius 2 is 1.62 bits per heavy atom. The molecule has 1 unspecified atom stereocenters. The number of epoxide rings is 1. The molecule has 1 aliphatic heterocycles. The van der Waals surface area contributed by atoms with E-state index in [1.807, 2.05) is 0 Å². The summed E-state index contributed by atoms with van der Waals surface area (Å²) in [5.41, 5.74) is 0. The molecule has 2 atom stereocenters. The predicted octanol–water partition coefficient (Wildman–Crippen LogP) is 3.15. The lowest BCUT2D eigenvalue weighted by Gasteiger charge is -2.18. The quantitative estimate of drug-likeness (QED) is 0.231. The van der Waals surface area contributed by atoms with Crippen molar-refractivity contribution in [1.82, 2.24) is 5.32 Å². The van der Waals surface area contributed by atoms with Gasteiger partial charge in [-0.25, -0.2) is 0 Å². The van der Waals surface area contributed by atoms with E-state index >= 15 is 0 Å². The summed E-state index contributed by atoms with van der Waals surface area (Å²) in [6.45, 7) is 12.0. The van der Waals surface area contributed by atoms with E-state index in [2.05, 4.69) is 26.1 Å². The Kier molecular flexibility index (Phi) is 14.0. The zero-order valence-electron chi connectivity index (χ0n) is 16.1. The maximum atomic E-state index is 5.94. The SMILES string of the molecule is CCCCO[SiH](OCCCC)OCCC(C)CCCNC[C@@H]1CO1. The van der Waals surface area contributed by atoms with Crippen molar-refractivity contribution in [2.45, 2.75) is 71.8 Å². The minimum Gasteiger partial charge on any atom is -0.376 e. The summed E-state index contributed by atoms with van der Waals surface area (Å²) in [4.78, 5) is 0. The number of nitrogens with one attached hydrogen (secondary N) is 1. The van der Waals surface area contributed by atoms with E-state index in [4.69, 9.17) is 18.0 Å². The summed E-state index contributed by atoms with van der Waals surface area (Å²) in [6.07, 6.45) is 8.48. The van der Waals surface area contributed by atoms with E-state index < -0.39 is 9.53 Å². The standard InChI is InChI=1S/C18H39NO4Si/c1-4-6-12-21-24(22-13-7-5-2)23-14-10-17(3)9-8-11-19-15-18-16-20-18/h17-19,24H,4-16H2,1-3H3/t17?,18-/m1/s1. The smallest absolute Gasteiger partial charge is 0.376 e. The third kappa shape index (κ3) is 13.3. The Morgan fingerprint density at radius 1 is 1.00 bits per heavy atom. The van der Waals surface area contributed by atoms with Crippen LogP contribution in [0.15, 0.2) is 0 Å². The van der Waals surface area contributed by atoms with Gasteiger partial charge in [0.15, 0.2) is 0 Å². The average Bonchev–Trinajstić information content (AvgIpc) is 3.39. The highest BCUT2D eigenvalue weighted by molar-refractivity contribution is 6.36. The van der Waals surface area contributed by atoms with Crippen LogP contribution in [0.5, 0.6) is 0 Å². The molecule has 0 bridgehead atoms. The molecule has 1 saturated heterocycles. The lowest BCUT2D eigenvalue weighted by molar-refractivity contribution is 0.0864. The summed E-state index contributed by atoms with van der Waals surface area (Å²) >= 11 is 0. The molecule has 0 aliphatic carbocycles. The molecule has 24 heavy (non-hydrogen) atoms. The van der Waals surface area contributed by atoms with Crippen LogP contribution >= 0.6 is 0 Å². The Bertz CT molecular complexity index is 270. The molecule has 0 aromatic heterocycles. The first-order valence-corrected chi connectivity index (χ1v) is 11.3. The molecule has 1 rings (SSSR count). The Labute approximate surface area is 150 Å².